The molecule has 1 aromatic carbocycles. The van der Waals surface area contributed by atoms with Crippen LogP contribution < -0.4 is 0 Å². The maximum absolute atomic E-state index is 12.7. The Bertz CT molecular complexity index is 635. The number of methoxy groups -OCH3 is 1. The van der Waals surface area contributed by atoms with E-state index in [4.69, 9.17) is 9.26 Å². The van der Waals surface area contributed by atoms with Gasteiger partial charge >= 0.3 is 0 Å². The first-order chi connectivity index (χ1) is 11.0. The average molecular weight is 317 g/mol. The fourth-order valence-electron chi connectivity index (χ4n) is 2.27. The third-order valence-electron chi connectivity index (χ3n) is 3.34. The number of nitrogens with zero attached hydrogens (tertiary/aromatic N) is 3. The molecule has 0 saturated heterocycles. The van der Waals surface area contributed by atoms with Gasteiger partial charge in [0.1, 0.15) is 0 Å². The molecule has 0 bridgehead atoms. The first kappa shape index (κ1) is 17.1. The standard InChI is InChI=1S/C17H23N3O3/c1-12(2)11-20(9-10-22-4)17(21)15-7-5-14(6-8-15)16-18-13(3)19-23-16/h5-8,12H,9-11H2,1-4H3. The Balaban J connectivity index is 2.13. The number of carbonyl (C=O) groups is 1. The average Bonchev–Trinajstić information content (AvgIpc) is 2.97. The maximum Gasteiger partial charge on any atom is 0.257 e. The minimum Gasteiger partial charge on any atom is -0.383 e. The summed E-state index contributed by atoms with van der Waals surface area (Å²) in [5.74, 6) is 1.45. The van der Waals surface area contributed by atoms with Crippen molar-refractivity contribution in [3.63, 3.8) is 0 Å². The van der Waals surface area contributed by atoms with Crippen molar-refractivity contribution in [2.24, 2.45) is 5.92 Å². The molecule has 1 amide bonds. The van der Waals surface area contributed by atoms with Gasteiger partial charge in [0.25, 0.3) is 11.8 Å². The number of hydrogen-bond donors (Lipinski definition) is 0. The molecule has 0 spiro atoms. The summed E-state index contributed by atoms with van der Waals surface area (Å²) >= 11 is 0. The van der Waals surface area contributed by atoms with Crippen molar-refractivity contribution in [2.45, 2.75) is 20.8 Å². The van der Waals surface area contributed by atoms with E-state index in [-0.39, 0.29) is 5.91 Å². The highest BCUT2D eigenvalue weighted by atomic mass is 16.5. The molecule has 23 heavy (non-hydrogen) atoms. The van der Waals surface area contributed by atoms with Crippen molar-refractivity contribution >= 4 is 5.91 Å². The van der Waals surface area contributed by atoms with E-state index in [0.717, 1.165) is 5.56 Å². The van der Waals surface area contributed by atoms with Crippen LogP contribution in [-0.4, -0.2) is 47.8 Å². The molecule has 1 aromatic heterocycles. The van der Waals surface area contributed by atoms with Crippen LogP contribution in [0.5, 0.6) is 0 Å². The summed E-state index contributed by atoms with van der Waals surface area (Å²) in [7, 11) is 1.64. The molecule has 2 rings (SSSR count). The fraction of sp³-hybridized carbons (Fsp3) is 0.471. The number of rotatable bonds is 7. The van der Waals surface area contributed by atoms with E-state index in [2.05, 4.69) is 24.0 Å². The minimum atomic E-state index is 0.00371. The van der Waals surface area contributed by atoms with E-state index in [9.17, 15) is 4.79 Å². The number of carbonyl (C=O) groups excluding carboxylic acids is 1. The molecule has 0 unspecified atom stereocenters. The van der Waals surface area contributed by atoms with Crippen LogP contribution in [0.1, 0.15) is 30.0 Å². The molecule has 2 aromatic rings. The van der Waals surface area contributed by atoms with Crippen LogP contribution in [0, 0.1) is 12.8 Å². The molecule has 0 fully saturated rings. The van der Waals surface area contributed by atoms with Crippen molar-refractivity contribution in [1.29, 1.82) is 0 Å². The molecule has 0 saturated carbocycles. The van der Waals surface area contributed by atoms with Gasteiger partial charge in [-0.25, -0.2) is 0 Å². The van der Waals surface area contributed by atoms with Crippen LogP contribution in [0.15, 0.2) is 28.8 Å². The zero-order chi connectivity index (χ0) is 16.8. The summed E-state index contributed by atoms with van der Waals surface area (Å²) in [6.45, 7) is 7.76. The van der Waals surface area contributed by atoms with Crippen molar-refractivity contribution in [2.75, 3.05) is 26.8 Å². The Morgan fingerprint density at radius 1 is 1.30 bits per heavy atom. The molecular weight excluding hydrogens is 294 g/mol. The van der Waals surface area contributed by atoms with Gasteiger partial charge in [-0.05, 0) is 37.1 Å². The first-order valence-electron chi connectivity index (χ1n) is 7.70. The van der Waals surface area contributed by atoms with Crippen LogP contribution in [0.3, 0.4) is 0 Å². The van der Waals surface area contributed by atoms with E-state index in [0.29, 0.717) is 42.9 Å². The fourth-order valence-corrected chi connectivity index (χ4v) is 2.27. The molecule has 0 N–H and O–H groups in total. The van der Waals surface area contributed by atoms with E-state index in [1.54, 1.807) is 26.2 Å². The largest absolute Gasteiger partial charge is 0.383 e. The highest BCUT2D eigenvalue weighted by Crippen LogP contribution is 2.18. The molecule has 124 valence electrons. The Morgan fingerprint density at radius 3 is 2.52 bits per heavy atom. The van der Waals surface area contributed by atoms with Crippen molar-refractivity contribution in [3.05, 3.63) is 35.7 Å². The lowest BCUT2D eigenvalue weighted by Gasteiger charge is -2.24. The lowest BCUT2D eigenvalue weighted by atomic mass is 10.1. The molecular formula is C17H23N3O3. The second kappa shape index (κ2) is 7.87. The second-order valence-corrected chi connectivity index (χ2v) is 5.86. The molecule has 0 aliphatic carbocycles. The second-order valence-electron chi connectivity index (χ2n) is 5.86. The molecule has 1 heterocycles. The normalized spacial score (nSPS) is 11.0. The SMILES string of the molecule is COCCN(CC(C)C)C(=O)c1ccc(-c2nc(C)no2)cc1. The summed E-state index contributed by atoms with van der Waals surface area (Å²) < 4.78 is 10.2. The Kier molecular flexibility index (Phi) is 5.87. The Morgan fingerprint density at radius 2 is 2.00 bits per heavy atom. The predicted molar refractivity (Wildman–Crippen MR) is 87.1 cm³/mol. The zero-order valence-corrected chi connectivity index (χ0v) is 14.1. The van der Waals surface area contributed by atoms with Crippen molar-refractivity contribution < 1.29 is 14.1 Å². The third-order valence-corrected chi connectivity index (χ3v) is 3.34. The highest BCUT2D eigenvalue weighted by molar-refractivity contribution is 5.94. The molecule has 0 aliphatic rings. The van der Waals surface area contributed by atoms with E-state index < -0.39 is 0 Å². The Labute approximate surface area is 136 Å². The van der Waals surface area contributed by atoms with Gasteiger partial charge in [0.15, 0.2) is 5.82 Å². The number of aromatic nitrogens is 2. The summed E-state index contributed by atoms with van der Waals surface area (Å²) in [6, 6.07) is 7.22. The summed E-state index contributed by atoms with van der Waals surface area (Å²) in [6.07, 6.45) is 0. The van der Waals surface area contributed by atoms with Gasteiger partial charge < -0.3 is 14.2 Å². The van der Waals surface area contributed by atoms with Gasteiger partial charge in [0.2, 0.25) is 0 Å². The lowest BCUT2D eigenvalue weighted by Crippen LogP contribution is -2.36. The summed E-state index contributed by atoms with van der Waals surface area (Å²) in [5.41, 5.74) is 1.44. The number of ether oxygens (including phenoxy) is 1. The van der Waals surface area contributed by atoms with Gasteiger partial charge in [-0.15, -0.1) is 0 Å². The topological polar surface area (TPSA) is 68.5 Å². The molecule has 0 radical (unpaired) electrons. The van der Waals surface area contributed by atoms with Gasteiger partial charge in [0, 0.05) is 31.3 Å². The van der Waals surface area contributed by atoms with Crippen LogP contribution in [0.25, 0.3) is 11.5 Å². The van der Waals surface area contributed by atoms with Gasteiger partial charge in [-0.2, -0.15) is 4.98 Å². The predicted octanol–water partition coefficient (Wildman–Crippen LogP) is 2.79. The van der Waals surface area contributed by atoms with E-state index in [1.807, 2.05) is 17.0 Å². The lowest BCUT2D eigenvalue weighted by molar-refractivity contribution is 0.0672. The monoisotopic (exact) mass is 317 g/mol. The third kappa shape index (κ3) is 4.63. The number of amides is 1. The number of benzene rings is 1. The number of aryl methyl sites for hydroxylation is 1. The van der Waals surface area contributed by atoms with Crippen molar-refractivity contribution in [3.8, 4) is 11.5 Å². The quantitative estimate of drug-likeness (QED) is 0.785. The number of hydrogen-bond acceptors (Lipinski definition) is 5. The molecule has 6 nitrogen and oxygen atoms in total. The first-order valence-corrected chi connectivity index (χ1v) is 7.70. The summed E-state index contributed by atoms with van der Waals surface area (Å²) in [5, 5.41) is 3.77. The van der Waals surface area contributed by atoms with Crippen LogP contribution >= 0.6 is 0 Å². The van der Waals surface area contributed by atoms with Crippen molar-refractivity contribution in [1.82, 2.24) is 15.0 Å². The van der Waals surface area contributed by atoms with Crippen LogP contribution in [-0.2, 0) is 4.74 Å². The summed E-state index contributed by atoms with van der Waals surface area (Å²) in [4.78, 5) is 18.7. The van der Waals surface area contributed by atoms with E-state index >= 15 is 0 Å². The van der Waals surface area contributed by atoms with Gasteiger partial charge in [0.05, 0.1) is 6.61 Å². The van der Waals surface area contributed by atoms with Crippen LogP contribution in [0.2, 0.25) is 0 Å². The minimum absolute atomic E-state index is 0.00371. The highest BCUT2D eigenvalue weighted by Gasteiger charge is 2.17. The zero-order valence-electron chi connectivity index (χ0n) is 14.1. The van der Waals surface area contributed by atoms with Gasteiger partial charge in [-0.3, -0.25) is 4.79 Å². The van der Waals surface area contributed by atoms with Gasteiger partial charge in [-0.1, -0.05) is 19.0 Å². The van der Waals surface area contributed by atoms with E-state index in [1.165, 1.54) is 0 Å². The molecule has 0 atom stereocenters. The Hall–Kier alpha value is -2.21. The molecule has 0 aliphatic heterocycles. The smallest absolute Gasteiger partial charge is 0.257 e. The maximum atomic E-state index is 12.7. The van der Waals surface area contributed by atoms with Crippen LogP contribution in [0.4, 0.5) is 0 Å². The molecule has 6 heteroatoms.